The van der Waals surface area contributed by atoms with Crippen LogP contribution in [0.2, 0.25) is 0 Å². The predicted octanol–water partition coefficient (Wildman–Crippen LogP) is 3.32. The number of carbonyl (C=O) groups is 1. The number of rotatable bonds is 8. The van der Waals surface area contributed by atoms with Gasteiger partial charge in [-0.05, 0) is 49.8 Å². The molecule has 0 unspecified atom stereocenters. The highest BCUT2D eigenvalue weighted by molar-refractivity contribution is 14.0. The fourth-order valence-corrected chi connectivity index (χ4v) is 2.84. The van der Waals surface area contributed by atoms with Gasteiger partial charge in [0.25, 0.3) is 5.91 Å². The van der Waals surface area contributed by atoms with Gasteiger partial charge in [-0.3, -0.25) is 4.79 Å². The normalized spacial score (nSPS) is 11.1. The van der Waals surface area contributed by atoms with Crippen molar-refractivity contribution in [3.8, 4) is 0 Å². The lowest BCUT2D eigenvalue weighted by Gasteiger charge is -2.13. The highest BCUT2D eigenvalue weighted by Crippen LogP contribution is 2.08. The molecule has 0 aliphatic heterocycles. The van der Waals surface area contributed by atoms with E-state index in [1.807, 2.05) is 24.3 Å². The van der Waals surface area contributed by atoms with Crippen LogP contribution in [0.5, 0.6) is 0 Å². The molecule has 0 radical (unpaired) electrons. The van der Waals surface area contributed by atoms with Crippen LogP contribution in [0.15, 0.2) is 53.5 Å². The molecular formula is C23H34IN5O. The Morgan fingerprint density at radius 1 is 0.867 bits per heavy atom. The second-order valence-electron chi connectivity index (χ2n) is 7.50. The Morgan fingerprint density at radius 2 is 1.43 bits per heavy atom. The minimum Gasteiger partial charge on any atom is -0.357 e. The third kappa shape index (κ3) is 8.71. The van der Waals surface area contributed by atoms with E-state index in [9.17, 15) is 4.79 Å². The highest BCUT2D eigenvalue weighted by atomic mass is 127. The van der Waals surface area contributed by atoms with Crippen LogP contribution in [-0.4, -0.2) is 56.4 Å². The van der Waals surface area contributed by atoms with Crippen LogP contribution in [0.3, 0.4) is 0 Å². The molecule has 0 aromatic heterocycles. The summed E-state index contributed by atoms with van der Waals surface area (Å²) in [6, 6.07) is 16.2. The van der Waals surface area contributed by atoms with Gasteiger partial charge in [0, 0.05) is 39.3 Å². The molecule has 0 saturated carbocycles. The average Bonchev–Trinajstić information content (AvgIpc) is 2.70. The summed E-state index contributed by atoms with van der Waals surface area (Å²) in [5, 5.41) is 6.66. The van der Waals surface area contributed by atoms with Gasteiger partial charge in [0.15, 0.2) is 5.96 Å². The Balaban J connectivity index is 0.00000450. The van der Waals surface area contributed by atoms with Gasteiger partial charge >= 0.3 is 0 Å². The van der Waals surface area contributed by atoms with Crippen molar-refractivity contribution in [3.63, 3.8) is 0 Å². The number of hydrogen-bond donors (Lipinski definition) is 2. The number of nitrogens with zero attached hydrogens (tertiary/aromatic N) is 3. The molecule has 7 heteroatoms. The number of halogens is 1. The smallest absolute Gasteiger partial charge is 0.253 e. The lowest BCUT2D eigenvalue weighted by molar-refractivity contribution is 0.0827. The summed E-state index contributed by atoms with van der Waals surface area (Å²) >= 11 is 0. The molecule has 0 fully saturated rings. The van der Waals surface area contributed by atoms with Gasteiger partial charge < -0.3 is 20.4 Å². The Bertz CT molecular complexity index is 801. The van der Waals surface area contributed by atoms with E-state index in [2.05, 4.69) is 65.8 Å². The number of amides is 1. The Hall–Kier alpha value is -2.13. The number of aliphatic imine (C=N–C) groups is 1. The molecule has 2 N–H and O–H groups in total. The van der Waals surface area contributed by atoms with Crippen LogP contribution in [0.4, 0.5) is 0 Å². The van der Waals surface area contributed by atoms with Crippen molar-refractivity contribution in [1.29, 1.82) is 0 Å². The first-order valence-electron chi connectivity index (χ1n) is 9.94. The zero-order chi connectivity index (χ0) is 21.2. The molecule has 6 nitrogen and oxygen atoms in total. The molecule has 0 aliphatic carbocycles. The van der Waals surface area contributed by atoms with Gasteiger partial charge in [0.05, 0.1) is 6.54 Å². The summed E-state index contributed by atoms with van der Waals surface area (Å²) in [5.41, 5.74) is 4.26. The number of guanidine groups is 1. The maximum absolute atomic E-state index is 12.0. The largest absolute Gasteiger partial charge is 0.357 e. The lowest BCUT2D eigenvalue weighted by atomic mass is 10.1. The molecule has 1 amide bonds. The molecule has 2 aromatic carbocycles. The van der Waals surface area contributed by atoms with Crippen molar-refractivity contribution >= 4 is 35.8 Å². The van der Waals surface area contributed by atoms with E-state index in [1.54, 1.807) is 19.0 Å². The maximum Gasteiger partial charge on any atom is 0.253 e. The fourth-order valence-electron chi connectivity index (χ4n) is 2.84. The minimum atomic E-state index is 0. The number of carbonyl (C=O) groups excluding carboxylic acids is 1. The van der Waals surface area contributed by atoms with Gasteiger partial charge in [-0.25, -0.2) is 4.99 Å². The van der Waals surface area contributed by atoms with Crippen LogP contribution < -0.4 is 10.6 Å². The van der Waals surface area contributed by atoms with Gasteiger partial charge in [-0.15, -0.1) is 24.0 Å². The molecule has 2 rings (SSSR count). The van der Waals surface area contributed by atoms with Crippen LogP contribution in [0, 0.1) is 0 Å². The SMILES string of the molecule is CCNC(=NCc1ccc(C(=O)N(C)C)cc1)NCc1ccc(CN(C)C)cc1.I. The number of nitrogens with one attached hydrogen (secondary N) is 2. The van der Waals surface area contributed by atoms with Gasteiger partial charge in [-0.2, -0.15) is 0 Å². The first-order valence-corrected chi connectivity index (χ1v) is 9.94. The zero-order valence-corrected chi connectivity index (χ0v) is 20.9. The van der Waals surface area contributed by atoms with Crippen LogP contribution in [0.25, 0.3) is 0 Å². The maximum atomic E-state index is 12.0. The highest BCUT2D eigenvalue weighted by Gasteiger charge is 2.07. The van der Waals surface area contributed by atoms with E-state index in [1.165, 1.54) is 11.1 Å². The summed E-state index contributed by atoms with van der Waals surface area (Å²) in [4.78, 5) is 20.4. The molecule has 2 aromatic rings. The monoisotopic (exact) mass is 523 g/mol. The molecule has 0 bridgehead atoms. The van der Waals surface area contributed by atoms with Crippen molar-refractivity contribution in [2.45, 2.75) is 26.6 Å². The molecular weight excluding hydrogens is 489 g/mol. The van der Waals surface area contributed by atoms with Gasteiger partial charge in [0.2, 0.25) is 0 Å². The summed E-state index contributed by atoms with van der Waals surface area (Å²) in [7, 11) is 7.65. The fraction of sp³-hybridized carbons (Fsp3) is 0.391. The lowest BCUT2D eigenvalue weighted by Crippen LogP contribution is -2.36. The summed E-state index contributed by atoms with van der Waals surface area (Å²) in [5.74, 6) is 0.782. The van der Waals surface area contributed by atoms with Crippen molar-refractivity contribution in [2.75, 3.05) is 34.7 Å². The van der Waals surface area contributed by atoms with E-state index >= 15 is 0 Å². The van der Waals surface area contributed by atoms with E-state index < -0.39 is 0 Å². The van der Waals surface area contributed by atoms with Crippen molar-refractivity contribution in [2.24, 2.45) is 4.99 Å². The van der Waals surface area contributed by atoms with E-state index in [4.69, 9.17) is 0 Å². The number of benzene rings is 2. The Kier molecular flexibility index (Phi) is 11.4. The average molecular weight is 523 g/mol. The molecule has 164 valence electrons. The second-order valence-corrected chi connectivity index (χ2v) is 7.50. The molecule has 0 saturated heterocycles. The van der Waals surface area contributed by atoms with Gasteiger partial charge in [-0.1, -0.05) is 36.4 Å². The van der Waals surface area contributed by atoms with E-state index in [0.717, 1.165) is 24.6 Å². The second kappa shape index (κ2) is 13.2. The minimum absolute atomic E-state index is 0. The zero-order valence-electron chi connectivity index (χ0n) is 18.6. The summed E-state index contributed by atoms with van der Waals surface area (Å²) in [6.45, 7) is 5.05. The van der Waals surface area contributed by atoms with Crippen molar-refractivity contribution in [1.82, 2.24) is 20.4 Å². The van der Waals surface area contributed by atoms with Crippen LogP contribution in [0.1, 0.15) is 34.0 Å². The Labute approximate surface area is 197 Å². The van der Waals surface area contributed by atoms with Crippen molar-refractivity contribution in [3.05, 3.63) is 70.8 Å². The Morgan fingerprint density at radius 3 is 1.97 bits per heavy atom. The van der Waals surface area contributed by atoms with Crippen LogP contribution >= 0.6 is 24.0 Å². The molecule has 0 spiro atoms. The molecule has 0 heterocycles. The first-order chi connectivity index (χ1) is 13.9. The predicted molar refractivity (Wildman–Crippen MR) is 135 cm³/mol. The molecule has 30 heavy (non-hydrogen) atoms. The van der Waals surface area contributed by atoms with E-state index in [0.29, 0.717) is 18.7 Å². The topological polar surface area (TPSA) is 60.0 Å². The molecule has 0 aliphatic rings. The summed E-state index contributed by atoms with van der Waals surface area (Å²) < 4.78 is 0. The van der Waals surface area contributed by atoms with Gasteiger partial charge in [0.1, 0.15) is 0 Å². The quantitative estimate of drug-likeness (QED) is 0.317. The third-order valence-electron chi connectivity index (χ3n) is 4.35. The molecule has 0 atom stereocenters. The first kappa shape index (κ1) is 25.9. The van der Waals surface area contributed by atoms with Crippen LogP contribution in [-0.2, 0) is 19.6 Å². The standard InChI is InChI=1S/C23H33N5O.HI/c1-6-24-23(25-15-18-7-9-20(10-8-18)17-27(2)3)26-16-19-11-13-21(14-12-19)22(29)28(4)5;/h7-14H,6,15-17H2,1-5H3,(H2,24,25,26);1H. The summed E-state index contributed by atoms with van der Waals surface area (Å²) in [6.07, 6.45) is 0. The number of hydrogen-bond acceptors (Lipinski definition) is 3. The third-order valence-corrected chi connectivity index (χ3v) is 4.35. The van der Waals surface area contributed by atoms with E-state index in [-0.39, 0.29) is 29.9 Å². The van der Waals surface area contributed by atoms with Crippen molar-refractivity contribution < 1.29 is 4.79 Å².